The van der Waals surface area contributed by atoms with Crippen LogP contribution in [0.4, 0.5) is 4.39 Å². The molecule has 0 saturated heterocycles. The van der Waals surface area contributed by atoms with Crippen LogP contribution < -0.4 is 5.32 Å². The zero-order valence-corrected chi connectivity index (χ0v) is 12.2. The van der Waals surface area contributed by atoms with Crippen molar-refractivity contribution in [3.05, 3.63) is 34.1 Å². The van der Waals surface area contributed by atoms with E-state index in [0.29, 0.717) is 5.92 Å². The van der Waals surface area contributed by atoms with Crippen LogP contribution in [-0.2, 0) is 6.42 Å². The highest BCUT2D eigenvalue weighted by Gasteiger charge is 2.06. The number of hydrogen-bond donors (Lipinski definition) is 1. The minimum absolute atomic E-state index is 0.153. The maximum Gasteiger partial charge on any atom is 0.123 e. The van der Waals surface area contributed by atoms with Crippen molar-refractivity contribution in [1.82, 2.24) is 5.32 Å². The Bertz CT molecular complexity index is 341. The highest BCUT2D eigenvalue weighted by Crippen LogP contribution is 2.20. The molecule has 96 valence electrons. The third kappa shape index (κ3) is 5.64. The molecule has 17 heavy (non-hydrogen) atoms. The van der Waals surface area contributed by atoms with Crippen LogP contribution in [0, 0.1) is 11.7 Å². The summed E-state index contributed by atoms with van der Waals surface area (Å²) in [5.41, 5.74) is 1.06. The molecule has 3 heteroatoms. The Balaban J connectivity index is 2.36. The Labute approximate surface area is 112 Å². The van der Waals surface area contributed by atoms with Gasteiger partial charge in [-0.1, -0.05) is 29.8 Å². The molecule has 0 saturated carbocycles. The van der Waals surface area contributed by atoms with Gasteiger partial charge in [0.25, 0.3) is 0 Å². The van der Waals surface area contributed by atoms with Crippen molar-refractivity contribution in [2.75, 3.05) is 13.1 Å². The van der Waals surface area contributed by atoms with E-state index in [-0.39, 0.29) is 5.82 Å². The van der Waals surface area contributed by atoms with Gasteiger partial charge in [-0.15, -0.1) is 0 Å². The summed E-state index contributed by atoms with van der Waals surface area (Å²) in [7, 11) is 0. The van der Waals surface area contributed by atoms with Crippen molar-refractivity contribution in [3.8, 4) is 0 Å². The number of hydrogen-bond acceptors (Lipinski definition) is 1. The molecular formula is C14H21BrFN. The first-order chi connectivity index (χ1) is 8.13. The van der Waals surface area contributed by atoms with Gasteiger partial charge in [0.15, 0.2) is 0 Å². The van der Waals surface area contributed by atoms with E-state index in [1.807, 2.05) is 0 Å². The lowest BCUT2D eigenvalue weighted by Crippen LogP contribution is -2.22. The van der Waals surface area contributed by atoms with Gasteiger partial charge in [0.05, 0.1) is 0 Å². The van der Waals surface area contributed by atoms with E-state index in [1.54, 1.807) is 12.1 Å². The maximum absolute atomic E-state index is 13.1. The van der Waals surface area contributed by atoms with Crippen LogP contribution in [0.1, 0.15) is 32.3 Å². The molecule has 1 aromatic rings. The average molecular weight is 302 g/mol. The molecule has 0 aromatic heterocycles. The molecule has 0 radical (unpaired) electrons. The average Bonchev–Trinajstić information content (AvgIpc) is 2.31. The van der Waals surface area contributed by atoms with E-state index in [1.165, 1.54) is 12.5 Å². The molecule has 1 atom stereocenters. The van der Waals surface area contributed by atoms with Crippen LogP contribution in [0.15, 0.2) is 22.7 Å². The molecule has 0 amide bonds. The molecule has 1 nitrogen and oxygen atoms in total. The van der Waals surface area contributed by atoms with Crippen molar-refractivity contribution in [2.45, 2.75) is 33.1 Å². The summed E-state index contributed by atoms with van der Waals surface area (Å²) in [4.78, 5) is 0. The molecule has 0 heterocycles. The quantitative estimate of drug-likeness (QED) is 0.746. The van der Waals surface area contributed by atoms with Gasteiger partial charge in [-0.25, -0.2) is 4.39 Å². The zero-order valence-electron chi connectivity index (χ0n) is 10.6. The van der Waals surface area contributed by atoms with E-state index in [9.17, 15) is 4.39 Å². The molecule has 0 aliphatic rings. The Morgan fingerprint density at radius 2 is 2.18 bits per heavy atom. The summed E-state index contributed by atoms with van der Waals surface area (Å²) in [6.07, 6.45) is 3.17. The summed E-state index contributed by atoms with van der Waals surface area (Å²) < 4.78 is 14.1. The van der Waals surface area contributed by atoms with Gasteiger partial charge in [0, 0.05) is 4.47 Å². The van der Waals surface area contributed by atoms with Gasteiger partial charge in [-0.3, -0.25) is 0 Å². The van der Waals surface area contributed by atoms with E-state index >= 15 is 0 Å². The monoisotopic (exact) mass is 301 g/mol. The lowest BCUT2D eigenvalue weighted by molar-refractivity contribution is 0.480. The minimum Gasteiger partial charge on any atom is -0.316 e. The van der Waals surface area contributed by atoms with Gasteiger partial charge in [-0.2, -0.15) is 0 Å². The molecule has 0 fully saturated rings. The van der Waals surface area contributed by atoms with Crippen molar-refractivity contribution in [3.63, 3.8) is 0 Å². The van der Waals surface area contributed by atoms with Gasteiger partial charge in [-0.05, 0) is 62.0 Å². The molecule has 1 aromatic carbocycles. The highest BCUT2D eigenvalue weighted by molar-refractivity contribution is 9.10. The van der Waals surface area contributed by atoms with Crippen LogP contribution in [0.3, 0.4) is 0 Å². The van der Waals surface area contributed by atoms with Crippen molar-refractivity contribution in [2.24, 2.45) is 5.92 Å². The summed E-state index contributed by atoms with van der Waals surface area (Å²) in [6, 6.07) is 4.89. The Morgan fingerprint density at radius 1 is 1.41 bits per heavy atom. The fourth-order valence-electron chi connectivity index (χ4n) is 1.76. The Morgan fingerprint density at radius 3 is 2.88 bits per heavy atom. The minimum atomic E-state index is -0.153. The second-order valence-electron chi connectivity index (χ2n) is 4.58. The summed E-state index contributed by atoms with van der Waals surface area (Å²) in [5.74, 6) is 0.469. The summed E-state index contributed by atoms with van der Waals surface area (Å²) in [5, 5.41) is 3.41. The molecule has 0 aliphatic carbocycles. The highest BCUT2D eigenvalue weighted by atomic mass is 79.9. The Hall–Kier alpha value is -0.410. The van der Waals surface area contributed by atoms with E-state index < -0.39 is 0 Å². The number of rotatable bonds is 7. The predicted molar refractivity (Wildman–Crippen MR) is 74.7 cm³/mol. The molecular weight excluding hydrogens is 281 g/mol. The summed E-state index contributed by atoms with van der Waals surface area (Å²) in [6.45, 7) is 6.52. The fourth-order valence-corrected chi connectivity index (χ4v) is 2.21. The van der Waals surface area contributed by atoms with Gasteiger partial charge >= 0.3 is 0 Å². The Kier molecular flexibility index (Phi) is 6.75. The second kappa shape index (κ2) is 7.83. The second-order valence-corrected chi connectivity index (χ2v) is 5.44. The van der Waals surface area contributed by atoms with Crippen LogP contribution in [0.2, 0.25) is 0 Å². The normalized spacial score (nSPS) is 12.7. The molecule has 1 rings (SSSR count). The summed E-state index contributed by atoms with van der Waals surface area (Å²) >= 11 is 3.46. The van der Waals surface area contributed by atoms with Gasteiger partial charge in [0.1, 0.15) is 5.82 Å². The number of halogens is 2. The SMILES string of the molecule is CCCNCC(C)CCc1cc(F)ccc1Br. The lowest BCUT2D eigenvalue weighted by atomic mass is 10.0. The van der Waals surface area contributed by atoms with Gasteiger partial charge < -0.3 is 5.32 Å². The van der Waals surface area contributed by atoms with Gasteiger partial charge in [0.2, 0.25) is 0 Å². The van der Waals surface area contributed by atoms with Crippen LogP contribution in [-0.4, -0.2) is 13.1 Å². The first kappa shape index (κ1) is 14.7. The van der Waals surface area contributed by atoms with Crippen molar-refractivity contribution >= 4 is 15.9 Å². The lowest BCUT2D eigenvalue weighted by Gasteiger charge is -2.12. The van der Waals surface area contributed by atoms with Crippen LogP contribution >= 0.6 is 15.9 Å². The van der Waals surface area contributed by atoms with E-state index in [2.05, 4.69) is 35.1 Å². The molecule has 1 N–H and O–H groups in total. The smallest absolute Gasteiger partial charge is 0.123 e. The third-order valence-electron chi connectivity index (χ3n) is 2.83. The number of aryl methyl sites for hydroxylation is 1. The van der Waals surface area contributed by atoms with E-state index in [4.69, 9.17) is 0 Å². The first-order valence-corrected chi connectivity index (χ1v) is 7.07. The number of nitrogens with one attached hydrogen (secondary N) is 1. The molecule has 1 unspecified atom stereocenters. The maximum atomic E-state index is 13.1. The predicted octanol–water partition coefficient (Wildman–Crippen LogP) is 4.16. The van der Waals surface area contributed by atoms with Crippen molar-refractivity contribution < 1.29 is 4.39 Å². The van der Waals surface area contributed by atoms with E-state index in [0.717, 1.165) is 36.0 Å². The largest absolute Gasteiger partial charge is 0.316 e. The number of benzene rings is 1. The fraction of sp³-hybridized carbons (Fsp3) is 0.571. The molecule has 0 bridgehead atoms. The zero-order chi connectivity index (χ0) is 12.7. The van der Waals surface area contributed by atoms with Crippen LogP contribution in [0.25, 0.3) is 0 Å². The third-order valence-corrected chi connectivity index (χ3v) is 3.61. The van der Waals surface area contributed by atoms with Crippen molar-refractivity contribution in [1.29, 1.82) is 0 Å². The molecule has 0 aliphatic heterocycles. The van der Waals surface area contributed by atoms with Crippen LogP contribution in [0.5, 0.6) is 0 Å². The first-order valence-electron chi connectivity index (χ1n) is 6.28. The molecule has 0 spiro atoms. The standard InChI is InChI=1S/C14H21BrFN/c1-3-8-17-10-11(2)4-5-12-9-13(16)6-7-14(12)15/h6-7,9,11,17H,3-5,8,10H2,1-2H3. The topological polar surface area (TPSA) is 12.0 Å².